The summed E-state index contributed by atoms with van der Waals surface area (Å²) < 4.78 is 25.7. The molecule has 0 bridgehead atoms. The van der Waals surface area contributed by atoms with Crippen molar-refractivity contribution < 1.29 is 23.4 Å². The predicted octanol–water partition coefficient (Wildman–Crippen LogP) is 4.95. The first-order valence-electron chi connectivity index (χ1n) is 11.9. The van der Waals surface area contributed by atoms with Gasteiger partial charge in [0.25, 0.3) is 0 Å². The second-order valence-electron chi connectivity index (χ2n) is 11.1. The number of carbonyl (C=O) groups excluding carboxylic acids is 1. The molecule has 6 heteroatoms. The quantitative estimate of drug-likeness (QED) is 0.451. The van der Waals surface area contributed by atoms with Gasteiger partial charge in [-0.05, 0) is 81.1 Å². The minimum atomic E-state index is -1.77. The van der Waals surface area contributed by atoms with Crippen LogP contribution in [0, 0.1) is 0 Å². The van der Waals surface area contributed by atoms with E-state index in [9.17, 15) is 4.79 Å². The van der Waals surface area contributed by atoms with Crippen molar-refractivity contribution in [3.63, 3.8) is 0 Å². The smallest absolute Gasteiger partial charge is 0.191 e. The Balaban J connectivity index is 1.58. The largest absolute Gasteiger partial charge is 0.417 e. The van der Waals surface area contributed by atoms with Gasteiger partial charge in [-0.25, -0.2) is 0 Å². The molecule has 3 saturated heterocycles. The Labute approximate surface area is 183 Å². The van der Waals surface area contributed by atoms with Crippen LogP contribution in [0.3, 0.4) is 0 Å². The Bertz CT molecular complexity index is 687. The average Bonchev–Trinajstić information content (AvgIpc) is 3.42. The molecule has 0 unspecified atom stereocenters. The fraction of sp³-hybridized carbons (Fsp3) is 0.875. The first-order valence-corrected chi connectivity index (χ1v) is 14.8. The molecule has 5 nitrogen and oxygen atoms in total. The van der Waals surface area contributed by atoms with E-state index < -0.39 is 25.1 Å². The third kappa shape index (κ3) is 3.21. The van der Waals surface area contributed by atoms with Gasteiger partial charge < -0.3 is 18.6 Å². The van der Waals surface area contributed by atoms with Gasteiger partial charge in [0.2, 0.25) is 0 Å². The molecule has 0 aromatic carbocycles. The number of rotatable bonds is 5. The molecule has 170 valence electrons. The molecule has 0 aromatic rings. The molecule has 4 aliphatic rings. The summed E-state index contributed by atoms with van der Waals surface area (Å²) in [5.41, 5.74) is -0.908. The normalized spacial score (nSPS) is 37.1. The topological polar surface area (TPSA) is 54.0 Å². The summed E-state index contributed by atoms with van der Waals surface area (Å²) in [4.78, 5) is 13.5. The molecule has 0 aromatic heterocycles. The Morgan fingerprint density at radius 2 is 1.57 bits per heavy atom. The summed E-state index contributed by atoms with van der Waals surface area (Å²) in [6, 6.07) is 0. The molecule has 30 heavy (non-hydrogen) atoms. The van der Waals surface area contributed by atoms with Crippen molar-refractivity contribution in [2.75, 3.05) is 26.4 Å². The zero-order valence-electron chi connectivity index (χ0n) is 19.6. The summed E-state index contributed by atoms with van der Waals surface area (Å²) in [5.74, 6) is 0.100. The van der Waals surface area contributed by atoms with Crippen molar-refractivity contribution in [2.24, 2.45) is 0 Å². The average molecular weight is 437 g/mol. The fourth-order valence-corrected chi connectivity index (χ4v) is 6.98. The summed E-state index contributed by atoms with van der Waals surface area (Å²) in [6.07, 6.45) is 8.99. The number of hydrogen-bond donors (Lipinski definition) is 0. The van der Waals surface area contributed by atoms with E-state index in [-0.39, 0.29) is 10.8 Å². The van der Waals surface area contributed by atoms with Crippen LogP contribution < -0.4 is 0 Å². The third-order valence-corrected chi connectivity index (χ3v) is 13.0. The zero-order valence-corrected chi connectivity index (χ0v) is 20.6. The lowest BCUT2D eigenvalue weighted by molar-refractivity contribution is -0.240. The van der Waals surface area contributed by atoms with E-state index in [0.717, 1.165) is 70.2 Å². The molecule has 3 atom stereocenters. The van der Waals surface area contributed by atoms with Crippen LogP contribution in [-0.4, -0.2) is 57.3 Å². The summed E-state index contributed by atoms with van der Waals surface area (Å²) >= 11 is 0. The van der Waals surface area contributed by atoms with Crippen LogP contribution in [0.15, 0.2) is 11.6 Å². The number of ketones is 1. The van der Waals surface area contributed by atoms with Gasteiger partial charge in [-0.15, -0.1) is 0 Å². The van der Waals surface area contributed by atoms with Gasteiger partial charge in [0.15, 0.2) is 19.7 Å². The zero-order chi connectivity index (χ0) is 21.7. The maximum absolute atomic E-state index is 13.5. The van der Waals surface area contributed by atoms with E-state index in [1.807, 2.05) is 6.08 Å². The van der Waals surface area contributed by atoms with E-state index in [0.29, 0.717) is 13.2 Å². The van der Waals surface area contributed by atoms with Crippen molar-refractivity contribution in [3.05, 3.63) is 11.6 Å². The summed E-state index contributed by atoms with van der Waals surface area (Å²) in [6.45, 7) is 14.2. The third-order valence-electron chi connectivity index (χ3n) is 8.45. The Morgan fingerprint density at radius 1 is 0.967 bits per heavy atom. The molecule has 0 saturated carbocycles. The van der Waals surface area contributed by atoms with Crippen LogP contribution in [-0.2, 0) is 23.4 Å². The van der Waals surface area contributed by atoms with E-state index in [1.54, 1.807) is 0 Å². The highest BCUT2D eigenvalue weighted by molar-refractivity contribution is 6.74. The SMILES string of the molecule is CC(C)(C)[Si](C)(C)OCCCC1=CC(=O)[C@]2(CCCO2)[C@@]2(CCCO2)[C@]12CCCO2. The molecule has 1 aliphatic carbocycles. The molecule has 3 heterocycles. The van der Waals surface area contributed by atoms with Crippen LogP contribution in [0.25, 0.3) is 0 Å². The monoisotopic (exact) mass is 436 g/mol. The van der Waals surface area contributed by atoms with Crippen molar-refractivity contribution in [3.8, 4) is 0 Å². The lowest BCUT2D eigenvalue weighted by Crippen LogP contribution is -2.72. The number of fused-ring (bicyclic) bond motifs is 2. The fourth-order valence-electron chi connectivity index (χ4n) is 5.90. The lowest BCUT2D eigenvalue weighted by atomic mass is 9.58. The van der Waals surface area contributed by atoms with Crippen LogP contribution in [0.2, 0.25) is 18.1 Å². The highest BCUT2D eigenvalue weighted by atomic mass is 28.4. The second-order valence-corrected chi connectivity index (χ2v) is 15.9. The molecule has 0 amide bonds. The van der Waals surface area contributed by atoms with Gasteiger partial charge in [-0.2, -0.15) is 0 Å². The van der Waals surface area contributed by atoms with Crippen molar-refractivity contribution in [1.82, 2.24) is 0 Å². The Morgan fingerprint density at radius 3 is 2.10 bits per heavy atom. The molecular formula is C24H40O5Si. The summed E-state index contributed by atoms with van der Waals surface area (Å²) in [7, 11) is -1.77. The number of carbonyl (C=O) groups is 1. The highest BCUT2D eigenvalue weighted by Gasteiger charge is 2.73. The molecule has 4 rings (SSSR count). The van der Waals surface area contributed by atoms with Crippen LogP contribution >= 0.6 is 0 Å². The van der Waals surface area contributed by atoms with Crippen molar-refractivity contribution >= 4 is 14.1 Å². The highest BCUT2D eigenvalue weighted by Crippen LogP contribution is 2.60. The Kier molecular flexibility index (Phi) is 5.89. The van der Waals surface area contributed by atoms with Gasteiger partial charge in [0.05, 0.1) is 0 Å². The molecule has 3 fully saturated rings. The predicted molar refractivity (Wildman–Crippen MR) is 119 cm³/mol. The lowest BCUT2D eigenvalue weighted by Gasteiger charge is -2.56. The minimum Gasteiger partial charge on any atom is -0.417 e. The summed E-state index contributed by atoms with van der Waals surface area (Å²) in [5, 5.41) is 0.205. The number of hydrogen-bond acceptors (Lipinski definition) is 5. The standard InChI is InChI=1S/C24H40O5Si/c1-21(2,3)30(4,5)29-17-6-10-19-18-20(25)23(12-8-15-27-23)24(13-9-16-28-24)22(19)11-7-14-26-22/h18H,6-17H2,1-5H3/t22-,23+,24+/m0/s1. The molecule has 3 aliphatic heterocycles. The molecule has 0 radical (unpaired) electrons. The minimum absolute atomic E-state index is 0.100. The van der Waals surface area contributed by atoms with E-state index in [2.05, 4.69) is 33.9 Å². The van der Waals surface area contributed by atoms with Crippen molar-refractivity contribution in [2.45, 2.75) is 107 Å². The van der Waals surface area contributed by atoms with E-state index in [4.69, 9.17) is 18.6 Å². The van der Waals surface area contributed by atoms with Gasteiger partial charge in [0.1, 0.15) is 11.2 Å². The first-order chi connectivity index (χ1) is 14.1. The van der Waals surface area contributed by atoms with Crippen LogP contribution in [0.5, 0.6) is 0 Å². The van der Waals surface area contributed by atoms with Crippen LogP contribution in [0.4, 0.5) is 0 Å². The number of ether oxygens (including phenoxy) is 3. The van der Waals surface area contributed by atoms with Gasteiger partial charge in [-0.3, -0.25) is 4.79 Å². The molecule has 0 N–H and O–H groups in total. The maximum Gasteiger partial charge on any atom is 0.191 e. The van der Waals surface area contributed by atoms with Crippen LogP contribution in [0.1, 0.15) is 72.1 Å². The van der Waals surface area contributed by atoms with Gasteiger partial charge in [-0.1, -0.05) is 20.8 Å². The van der Waals surface area contributed by atoms with Gasteiger partial charge >= 0.3 is 0 Å². The first kappa shape index (κ1) is 22.7. The van der Waals surface area contributed by atoms with E-state index in [1.165, 1.54) is 0 Å². The van der Waals surface area contributed by atoms with E-state index >= 15 is 0 Å². The maximum atomic E-state index is 13.5. The molecular weight excluding hydrogens is 396 g/mol. The Hall–Kier alpha value is -0.533. The molecule has 3 spiro atoms. The van der Waals surface area contributed by atoms with Gasteiger partial charge in [0, 0.05) is 26.4 Å². The van der Waals surface area contributed by atoms with Crippen molar-refractivity contribution in [1.29, 1.82) is 0 Å². The second kappa shape index (κ2) is 7.80.